The number of carbonyl (C=O) groups excluding carboxylic acids is 1. The molecule has 0 aliphatic heterocycles. The lowest BCUT2D eigenvalue weighted by Gasteiger charge is -2.20. The fourth-order valence-electron chi connectivity index (χ4n) is 1.78. The molecule has 5 nitrogen and oxygen atoms in total. The van der Waals surface area contributed by atoms with Crippen LogP contribution in [-0.2, 0) is 0 Å². The molecule has 1 aromatic rings. The quantitative estimate of drug-likeness (QED) is 0.736. The van der Waals surface area contributed by atoms with Crippen molar-refractivity contribution < 1.29 is 19.4 Å². The minimum Gasteiger partial charge on any atom is -0.493 e. The SMILES string of the molecule is C=CCOc1ccc(C(=O)N(CC)CCO)cc1OC. The fraction of sp³-hybridized carbons (Fsp3) is 0.400. The summed E-state index contributed by atoms with van der Waals surface area (Å²) in [4.78, 5) is 13.8. The first-order chi connectivity index (χ1) is 9.67. The molecule has 1 amide bonds. The van der Waals surface area contributed by atoms with E-state index in [-0.39, 0.29) is 12.5 Å². The Morgan fingerprint density at radius 3 is 2.75 bits per heavy atom. The first-order valence-corrected chi connectivity index (χ1v) is 6.49. The Kier molecular flexibility index (Phi) is 6.59. The Bertz CT molecular complexity index is 459. The number of rotatable bonds is 8. The number of amides is 1. The third kappa shape index (κ3) is 3.99. The van der Waals surface area contributed by atoms with Gasteiger partial charge >= 0.3 is 0 Å². The van der Waals surface area contributed by atoms with Crippen LogP contribution in [0.4, 0.5) is 0 Å². The maximum Gasteiger partial charge on any atom is 0.254 e. The molecule has 0 saturated carbocycles. The summed E-state index contributed by atoms with van der Waals surface area (Å²) in [5, 5.41) is 8.96. The van der Waals surface area contributed by atoms with Gasteiger partial charge in [-0.3, -0.25) is 4.79 Å². The number of carbonyl (C=O) groups is 1. The molecule has 0 fully saturated rings. The van der Waals surface area contributed by atoms with E-state index in [9.17, 15) is 4.79 Å². The van der Waals surface area contributed by atoms with Crippen molar-refractivity contribution in [3.05, 3.63) is 36.4 Å². The van der Waals surface area contributed by atoms with Gasteiger partial charge in [-0.1, -0.05) is 12.7 Å². The molecule has 1 N–H and O–H groups in total. The molecule has 0 aliphatic rings. The number of benzene rings is 1. The molecule has 0 bridgehead atoms. The van der Waals surface area contributed by atoms with Crippen molar-refractivity contribution >= 4 is 5.91 Å². The maximum atomic E-state index is 12.3. The Hall–Kier alpha value is -2.01. The second-order valence-electron chi connectivity index (χ2n) is 4.07. The van der Waals surface area contributed by atoms with Gasteiger partial charge in [0.25, 0.3) is 5.91 Å². The van der Waals surface area contributed by atoms with Crippen molar-refractivity contribution in [3.8, 4) is 11.5 Å². The second kappa shape index (κ2) is 8.22. The van der Waals surface area contributed by atoms with Gasteiger partial charge in [-0.2, -0.15) is 0 Å². The van der Waals surface area contributed by atoms with Crippen LogP contribution in [0.5, 0.6) is 11.5 Å². The van der Waals surface area contributed by atoms with Crippen LogP contribution in [-0.4, -0.2) is 49.3 Å². The molecular weight excluding hydrogens is 258 g/mol. The molecule has 0 aliphatic carbocycles. The number of nitrogens with zero attached hydrogens (tertiary/aromatic N) is 1. The van der Waals surface area contributed by atoms with Crippen molar-refractivity contribution in [1.29, 1.82) is 0 Å². The number of hydrogen-bond donors (Lipinski definition) is 1. The summed E-state index contributed by atoms with van der Waals surface area (Å²) >= 11 is 0. The van der Waals surface area contributed by atoms with Crippen molar-refractivity contribution in [2.75, 3.05) is 33.4 Å². The van der Waals surface area contributed by atoms with Gasteiger partial charge < -0.3 is 19.5 Å². The van der Waals surface area contributed by atoms with Crippen molar-refractivity contribution in [2.24, 2.45) is 0 Å². The average Bonchev–Trinajstić information content (AvgIpc) is 2.49. The Morgan fingerprint density at radius 1 is 1.45 bits per heavy atom. The molecule has 5 heteroatoms. The van der Waals surface area contributed by atoms with Gasteiger partial charge in [0.15, 0.2) is 11.5 Å². The summed E-state index contributed by atoms with van der Waals surface area (Å²) in [7, 11) is 1.52. The average molecular weight is 279 g/mol. The summed E-state index contributed by atoms with van der Waals surface area (Å²) in [5.41, 5.74) is 0.503. The normalized spacial score (nSPS) is 9.95. The van der Waals surface area contributed by atoms with Crippen LogP contribution in [0.15, 0.2) is 30.9 Å². The topological polar surface area (TPSA) is 59.0 Å². The maximum absolute atomic E-state index is 12.3. The molecule has 1 rings (SSSR count). The van der Waals surface area contributed by atoms with E-state index in [4.69, 9.17) is 14.6 Å². The van der Waals surface area contributed by atoms with Gasteiger partial charge in [-0.05, 0) is 25.1 Å². The Balaban J connectivity index is 2.96. The van der Waals surface area contributed by atoms with Crippen LogP contribution in [0.25, 0.3) is 0 Å². The van der Waals surface area contributed by atoms with Crippen LogP contribution in [0.3, 0.4) is 0 Å². The summed E-state index contributed by atoms with van der Waals surface area (Å²) < 4.78 is 10.7. The monoisotopic (exact) mass is 279 g/mol. The van der Waals surface area contributed by atoms with Crippen LogP contribution in [0.1, 0.15) is 17.3 Å². The molecular formula is C15H21NO4. The Morgan fingerprint density at radius 2 is 2.20 bits per heavy atom. The molecule has 0 aromatic heterocycles. The molecule has 0 saturated heterocycles. The highest BCUT2D eigenvalue weighted by atomic mass is 16.5. The highest BCUT2D eigenvalue weighted by Crippen LogP contribution is 2.28. The number of ether oxygens (including phenoxy) is 2. The predicted molar refractivity (Wildman–Crippen MR) is 77.3 cm³/mol. The molecule has 0 unspecified atom stereocenters. The first-order valence-electron chi connectivity index (χ1n) is 6.49. The van der Waals surface area contributed by atoms with Gasteiger partial charge in [-0.25, -0.2) is 0 Å². The van der Waals surface area contributed by atoms with E-state index in [1.807, 2.05) is 6.92 Å². The highest BCUT2D eigenvalue weighted by Gasteiger charge is 2.16. The van der Waals surface area contributed by atoms with E-state index in [1.165, 1.54) is 7.11 Å². The van der Waals surface area contributed by atoms with Crippen LogP contribution in [0.2, 0.25) is 0 Å². The standard InChI is InChI=1S/C15H21NO4/c1-4-10-20-13-7-6-12(11-14(13)19-3)15(18)16(5-2)8-9-17/h4,6-7,11,17H,1,5,8-10H2,2-3H3. The third-order valence-corrected chi connectivity index (χ3v) is 2.81. The van der Waals surface area contributed by atoms with Gasteiger partial charge in [0.1, 0.15) is 6.61 Å². The van der Waals surface area contributed by atoms with E-state index in [1.54, 1.807) is 29.2 Å². The number of methoxy groups -OCH3 is 1. The van der Waals surface area contributed by atoms with Crippen LogP contribution < -0.4 is 9.47 Å². The zero-order chi connectivity index (χ0) is 15.0. The smallest absolute Gasteiger partial charge is 0.254 e. The molecule has 20 heavy (non-hydrogen) atoms. The van der Waals surface area contributed by atoms with Gasteiger partial charge in [0.2, 0.25) is 0 Å². The Labute approximate surface area is 119 Å². The highest BCUT2D eigenvalue weighted by molar-refractivity contribution is 5.94. The third-order valence-electron chi connectivity index (χ3n) is 2.81. The van der Waals surface area contributed by atoms with Gasteiger partial charge in [-0.15, -0.1) is 0 Å². The van der Waals surface area contributed by atoms with Gasteiger partial charge in [0, 0.05) is 18.7 Å². The lowest BCUT2D eigenvalue weighted by Crippen LogP contribution is -2.33. The largest absolute Gasteiger partial charge is 0.493 e. The number of aliphatic hydroxyl groups excluding tert-OH is 1. The fourth-order valence-corrected chi connectivity index (χ4v) is 1.78. The zero-order valence-corrected chi connectivity index (χ0v) is 12.0. The van der Waals surface area contributed by atoms with E-state index in [2.05, 4.69) is 6.58 Å². The van der Waals surface area contributed by atoms with E-state index >= 15 is 0 Å². The van der Waals surface area contributed by atoms with E-state index < -0.39 is 0 Å². The van der Waals surface area contributed by atoms with Crippen LogP contribution in [0, 0.1) is 0 Å². The zero-order valence-electron chi connectivity index (χ0n) is 12.0. The lowest BCUT2D eigenvalue weighted by molar-refractivity contribution is 0.0731. The van der Waals surface area contributed by atoms with E-state index in [0.29, 0.717) is 36.8 Å². The predicted octanol–water partition coefficient (Wildman–Crippen LogP) is 1.71. The molecule has 110 valence electrons. The summed E-state index contributed by atoms with van der Waals surface area (Å²) in [6.45, 7) is 6.61. The second-order valence-corrected chi connectivity index (χ2v) is 4.07. The van der Waals surface area contributed by atoms with Crippen molar-refractivity contribution in [2.45, 2.75) is 6.92 Å². The minimum atomic E-state index is -0.143. The van der Waals surface area contributed by atoms with Crippen molar-refractivity contribution in [1.82, 2.24) is 4.90 Å². The van der Waals surface area contributed by atoms with E-state index in [0.717, 1.165) is 0 Å². The number of hydrogen-bond acceptors (Lipinski definition) is 4. The minimum absolute atomic E-state index is 0.0583. The molecule has 0 spiro atoms. The molecule has 0 atom stereocenters. The number of likely N-dealkylation sites (N-methyl/N-ethyl adjacent to an activating group) is 1. The number of aliphatic hydroxyl groups is 1. The summed E-state index contributed by atoms with van der Waals surface area (Å²) in [5.74, 6) is 0.919. The molecule has 0 heterocycles. The summed E-state index contributed by atoms with van der Waals surface area (Å²) in [6.07, 6.45) is 1.64. The van der Waals surface area contributed by atoms with Crippen LogP contribution >= 0.6 is 0 Å². The molecule has 1 aromatic carbocycles. The summed E-state index contributed by atoms with van der Waals surface area (Å²) in [6, 6.07) is 5.02. The van der Waals surface area contributed by atoms with Gasteiger partial charge in [0.05, 0.1) is 13.7 Å². The first kappa shape index (κ1) is 16.0. The van der Waals surface area contributed by atoms with Crippen molar-refractivity contribution in [3.63, 3.8) is 0 Å². The lowest BCUT2D eigenvalue weighted by atomic mass is 10.1. The molecule has 0 radical (unpaired) electrons.